The van der Waals surface area contributed by atoms with E-state index in [9.17, 15) is 13.2 Å². The van der Waals surface area contributed by atoms with Crippen LogP contribution in [0.15, 0.2) is 0 Å². The van der Waals surface area contributed by atoms with Gasteiger partial charge in [0.1, 0.15) is 10.0 Å². The van der Waals surface area contributed by atoms with Crippen molar-refractivity contribution in [2.75, 3.05) is 6.54 Å². The molecule has 0 radical (unpaired) electrons. The van der Waals surface area contributed by atoms with E-state index in [4.69, 9.17) is 0 Å². The molecule has 7 heteroatoms. The van der Waals surface area contributed by atoms with Crippen LogP contribution in [0.3, 0.4) is 0 Å². The zero-order valence-corrected chi connectivity index (χ0v) is 12.4. The smallest absolute Gasteiger partial charge is 0.310 e. The largest absolute Gasteiger partial charge is 0.391 e. The fraction of sp³-hybridized carbons (Fsp3) is 0.846. The van der Waals surface area contributed by atoms with Gasteiger partial charge in [-0.15, -0.1) is 10.2 Å². The molecule has 1 heterocycles. The maximum atomic E-state index is 12.6. The Morgan fingerprint density at radius 3 is 2.50 bits per heavy atom. The molecule has 0 spiro atoms. The van der Waals surface area contributed by atoms with Crippen LogP contribution in [-0.4, -0.2) is 22.9 Å². The minimum atomic E-state index is -4.04. The van der Waals surface area contributed by atoms with Gasteiger partial charge in [0.15, 0.2) is 0 Å². The third-order valence-electron chi connectivity index (χ3n) is 3.72. The Hall–Kier alpha value is -0.690. The first-order chi connectivity index (χ1) is 9.50. The van der Waals surface area contributed by atoms with E-state index >= 15 is 0 Å². The molecule has 1 aromatic heterocycles. The summed E-state index contributed by atoms with van der Waals surface area (Å²) in [7, 11) is 0. The number of rotatable bonds is 5. The second kappa shape index (κ2) is 6.85. The Morgan fingerprint density at radius 2 is 1.90 bits per heavy atom. The van der Waals surface area contributed by atoms with Crippen LogP contribution in [0.5, 0.6) is 0 Å². The number of nitrogens with one attached hydrogen (secondary N) is 1. The Morgan fingerprint density at radius 1 is 1.20 bits per heavy atom. The molecule has 0 aromatic carbocycles. The van der Waals surface area contributed by atoms with Gasteiger partial charge in [-0.2, -0.15) is 13.2 Å². The second-order valence-corrected chi connectivity index (χ2v) is 6.39. The summed E-state index contributed by atoms with van der Waals surface area (Å²) in [6, 6.07) is 0. The highest BCUT2D eigenvalue weighted by molar-refractivity contribution is 7.11. The van der Waals surface area contributed by atoms with Crippen molar-refractivity contribution in [3.63, 3.8) is 0 Å². The van der Waals surface area contributed by atoms with E-state index in [1.54, 1.807) is 0 Å². The fourth-order valence-corrected chi connectivity index (χ4v) is 3.52. The maximum Gasteiger partial charge on any atom is 0.391 e. The first kappa shape index (κ1) is 15.7. The summed E-state index contributed by atoms with van der Waals surface area (Å²) in [5.74, 6) is -0.969. The Balaban J connectivity index is 1.84. The molecule has 0 bridgehead atoms. The van der Waals surface area contributed by atoms with Gasteiger partial charge in [-0.3, -0.25) is 0 Å². The van der Waals surface area contributed by atoms with Crippen molar-refractivity contribution in [3.05, 3.63) is 10.0 Å². The molecule has 0 amide bonds. The van der Waals surface area contributed by atoms with Crippen LogP contribution in [-0.2, 0) is 6.54 Å². The molecule has 1 aromatic rings. The van der Waals surface area contributed by atoms with Gasteiger partial charge >= 0.3 is 6.18 Å². The quantitative estimate of drug-likeness (QED) is 0.839. The molecule has 0 saturated heterocycles. The maximum absolute atomic E-state index is 12.6. The molecule has 1 fully saturated rings. The monoisotopic (exact) mass is 307 g/mol. The van der Waals surface area contributed by atoms with E-state index in [2.05, 4.69) is 22.4 Å². The lowest BCUT2D eigenvalue weighted by Gasteiger charge is -2.28. The molecule has 114 valence electrons. The summed E-state index contributed by atoms with van der Waals surface area (Å²) in [6.45, 7) is 3.73. The lowest BCUT2D eigenvalue weighted by atomic mass is 9.82. The van der Waals surface area contributed by atoms with Crippen LogP contribution in [0, 0.1) is 5.92 Å². The first-order valence-electron chi connectivity index (χ1n) is 7.10. The standard InChI is InChI=1S/C13H20F3N3S/c1-2-7-17-8-11-18-19-12(20-11)9-3-5-10(6-4-9)13(14,15)16/h9-10,17H,2-8H2,1H3. The van der Waals surface area contributed by atoms with Crippen LogP contribution < -0.4 is 5.32 Å². The van der Waals surface area contributed by atoms with Gasteiger partial charge < -0.3 is 5.32 Å². The molecular formula is C13H20F3N3S. The average molecular weight is 307 g/mol. The first-order valence-corrected chi connectivity index (χ1v) is 7.92. The van der Waals surface area contributed by atoms with E-state index in [0.717, 1.165) is 23.0 Å². The molecule has 1 aliphatic carbocycles. The Labute approximate surface area is 121 Å². The number of halogens is 3. The van der Waals surface area contributed by atoms with Crippen molar-refractivity contribution in [1.29, 1.82) is 0 Å². The van der Waals surface area contributed by atoms with Crippen LogP contribution >= 0.6 is 11.3 Å². The molecule has 1 aliphatic rings. The highest BCUT2D eigenvalue weighted by Gasteiger charge is 2.42. The summed E-state index contributed by atoms with van der Waals surface area (Å²) in [4.78, 5) is 0. The van der Waals surface area contributed by atoms with Crippen molar-refractivity contribution in [2.45, 2.75) is 57.7 Å². The van der Waals surface area contributed by atoms with E-state index < -0.39 is 12.1 Å². The molecule has 20 heavy (non-hydrogen) atoms. The second-order valence-electron chi connectivity index (χ2n) is 5.30. The number of hydrogen-bond acceptors (Lipinski definition) is 4. The average Bonchev–Trinajstić information content (AvgIpc) is 2.87. The van der Waals surface area contributed by atoms with E-state index in [-0.39, 0.29) is 18.8 Å². The minimum absolute atomic E-state index is 0.158. The van der Waals surface area contributed by atoms with Gasteiger partial charge in [-0.25, -0.2) is 0 Å². The van der Waals surface area contributed by atoms with Gasteiger partial charge in [0.05, 0.1) is 5.92 Å². The van der Waals surface area contributed by atoms with E-state index in [1.165, 1.54) is 11.3 Å². The molecule has 2 rings (SSSR count). The predicted octanol–water partition coefficient (Wildman–Crippen LogP) is 3.87. The predicted molar refractivity (Wildman–Crippen MR) is 72.7 cm³/mol. The number of aromatic nitrogens is 2. The molecule has 1 saturated carbocycles. The zero-order chi connectivity index (χ0) is 14.6. The van der Waals surface area contributed by atoms with Gasteiger partial charge in [0, 0.05) is 12.5 Å². The number of nitrogens with zero attached hydrogens (tertiary/aromatic N) is 2. The number of alkyl halides is 3. The van der Waals surface area contributed by atoms with Crippen LogP contribution in [0.1, 0.15) is 55.0 Å². The summed E-state index contributed by atoms with van der Waals surface area (Å²) < 4.78 is 37.8. The van der Waals surface area contributed by atoms with Crippen molar-refractivity contribution >= 4 is 11.3 Å². The summed E-state index contributed by atoms with van der Waals surface area (Å²) in [5, 5.41) is 13.3. The highest BCUT2D eigenvalue weighted by atomic mass is 32.1. The molecule has 1 N–H and O–H groups in total. The lowest BCUT2D eigenvalue weighted by molar-refractivity contribution is -0.182. The summed E-state index contributed by atoms with van der Waals surface area (Å²) >= 11 is 1.53. The van der Waals surface area contributed by atoms with Gasteiger partial charge in [0.2, 0.25) is 0 Å². The third kappa shape index (κ3) is 4.15. The zero-order valence-electron chi connectivity index (χ0n) is 11.5. The Kier molecular flexibility index (Phi) is 5.37. The van der Waals surface area contributed by atoms with Gasteiger partial charge in [-0.05, 0) is 38.6 Å². The molecule has 3 nitrogen and oxygen atoms in total. The Bertz CT molecular complexity index is 411. The normalized spacial score (nSPS) is 24.0. The number of hydrogen-bond donors (Lipinski definition) is 1. The molecule has 0 aliphatic heterocycles. The summed E-state index contributed by atoms with van der Waals surface area (Å²) in [5.41, 5.74) is 0. The minimum Gasteiger partial charge on any atom is -0.310 e. The topological polar surface area (TPSA) is 37.8 Å². The van der Waals surface area contributed by atoms with E-state index in [0.29, 0.717) is 19.4 Å². The van der Waals surface area contributed by atoms with Crippen molar-refractivity contribution in [1.82, 2.24) is 15.5 Å². The lowest BCUT2D eigenvalue weighted by Crippen LogP contribution is -2.27. The van der Waals surface area contributed by atoms with Gasteiger partial charge in [-0.1, -0.05) is 18.3 Å². The third-order valence-corrected chi connectivity index (χ3v) is 4.81. The van der Waals surface area contributed by atoms with Crippen molar-refractivity contribution < 1.29 is 13.2 Å². The van der Waals surface area contributed by atoms with Crippen LogP contribution in [0.25, 0.3) is 0 Å². The van der Waals surface area contributed by atoms with Crippen molar-refractivity contribution in [2.24, 2.45) is 5.92 Å². The van der Waals surface area contributed by atoms with Crippen molar-refractivity contribution in [3.8, 4) is 0 Å². The van der Waals surface area contributed by atoms with Gasteiger partial charge in [0.25, 0.3) is 0 Å². The molecule has 0 unspecified atom stereocenters. The SMILES string of the molecule is CCCNCc1nnc(C2CCC(C(F)(F)F)CC2)s1. The highest BCUT2D eigenvalue weighted by Crippen LogP contribution is 2.43. The van der Waals surface area contributed by atoms with Crippen LogP contribution in [0.2, 0.25) is 0 Å². The van der Waals surface area contributed by atoms with Crippen LogP contribution in [0.4, 0.5) is 13.2 Å². The van der Waals surface area contributed by atoms with E-state index in [1.807, 2.05) is 0 Å². The summed E-state index contributed by atoms with van der Waals surface area (Å²) in [6.07, 6.45) is -1.40. The molecule has 0 atom stereocenters. The molecular weight excluding hydrogens is 287 g/mol. The fourth-order valence-electron chi connectivity index (χ4n) is 2.54.